The molecule has 0 saturated heterocycles. The van der Waals surface area contributed by atoms with Gasteiger partial charge in [-0.2, -0.15) is 0 Å². The van der Waals surface area contributed by atoms with Gasteiger partial charge in [-0.1, -0.05) is 44.2 Å². The highest BCUT2D eigenvalue weighted by atomic mass is 32.2. The predicted octanol–water partition coefficient (Wildman–Crippen LogP) is 3.11. The lowest BCUT2D eigenvalue weighted by atomic mass is 10.1. The third-order valence-corrected chi connectivity index (χ3v) is 3.17. The Kier molecular flexibility index (Phi) is 5.15. The number of nitrogens with one attached hydrogen (secondary N) is 1. The molecule has 1 atom stereocenters. The molecule has 0 aliphatic rings. The Morgan fingerprint density at radius 2 is 1.62 bits per heavy atom. The molecule has 0 heterocycles. The highest BCUT2D eigenvalue weighted by molar-refractivity contribution is 7.83. The lowest BCUT2D eigenvalue weighted by Crippen LogP contribution is -2.10. The van der Waals surface area contributed by atoms with Crippen molar-refractivity contribution in [2.24, 2.45) is 0 Å². The molecule has 16 heavy (non-hydrogen) atoms. The van der Waals surface area contributed by atoms with E-state index >= 15 is 0 Å². The summed E-state index contributed by atoms with van der Waals surface area (Å²) in [5.74, 6) is 0. The third-order valence-electron chi connectivity index (χ3n) is 2.12. The lowest BCUT2D eigenvalue weighted by Gasteiger charge is -2.01. The summed E-state index contributed by atoms with van der Waals surface area (Å²) in [6.45, 7) is 4.00. The zero-order chi connectivity index (χ0) is 12.0. The molecule has 2 aromatic rings. The molecule has 0 bridgehead atoms. The van der Waals surface area contributed by atoms with Gasteiger partial charge in [0.2, 0.25) is 0 Å². The summed E-state index contributed by atoms with van der Waals surface area (Å²) in [6.07, 6.45) is 0. The maximum absolute atomic E-state index is 11.5. The predicted molar refractivity (Wildman–Crippen MR) is 70.8 cm³/mol. The molecular formula is C13H17NOS. The van der Waals surface area contributed by atoms with Crippen molar-refractivity contribution in [1.82, 2.24) is 4.72 Å². The van der Waals surface area contributed by atoms with Crippen LogP contribution in [-0.2, 0) is 11.0 Å². The summed E-state index contributed by atoms with van der Waals surface area (Å²) < 4.78 is 14.2. The van der Waals surface area contributed by atoms with Gasteiger partial charge in [0.15, 0.2) is 0 Å². The van der Waals surface area contributed by atoms with Crippen LogP contribution in [0.2, 0.25) is 0 Å². The molecule has 0 aromatic heterocycles. The number of hydrogen-bond acceptors (Lipinski definition) is 1. The maximum Gasteiger partial charge on any atom is 0.124 e. The fourth-order valence-corrected chi connectivity index (χ4v) is 2.06. The minimum atomic E-state index is -1.10. The van der Waals surface area contributed by atoms with Crippen molar-refractivity contribution in [1.29, 1.82) is 0 Å². The molecule has 0 spiro atoms. The van der Waals surface area contributed by atoms with Gasteiger partial charge in [0.1, 0.15) is 11.0 Å². The van der Waals surface area contributed by atoms with E-state index in [1.807, 2.05) is 56.3 Å². The first-order valence-electron chi connectivity index (χ1n) is 5.39. The Balaban J connectivity index is 0.000000606. The third kappa shape index (κ3) is 2.90. The van der Waals surface area contributed by atoms with E-state index in [9.17, 15) is 4.21 Å². The summed E-state index contributed by atoms with van der Waals surface area (Å²) in [4.78, 5) is 0.811. The molecule has 0 radical (unpaired) electrons. The van der Waals surface area contributed by atoms with Crippen LogP contribution in [0.25, 0.3) is 10.8 Å². The van der Waals surface area contributed by atoms with Gasteiger partial charge in [-0.15, -0.1) is 0 Å². The van der Waals surface area contributed by atoms with Gasteiger partial charge in [-0.25, -0.2) is 8.93 Å². The molecule has 1 N–H and O–H groups in total. The van der Waals surface area contributed by atoms with Gasteiger partial charge in [0, 0.05) is 0 Å². The summed E-state index contributed by atoms with van der Waals surface area (Å²) >= 11 is 0. The van der Waals surface area contributed by atoms with E-state index in [0.717, 1.165) is 10.3 Å². The fraction of sp³-hybridized carbons (Fsp3) is 0.231. The molecule has 2 nitrogen and oxygen atoms in total. The highest BCUT2D eigenvalue weighted by Crippen LogP contribution is 2.16. The van der Waals surface area contributed by atoms with Crippen molar-refractivity contribution < 1.29 is 4.21 Å². The monoisotopic (exact) mass is 235 g/mol. The van der Waals surface area contributed by atoms with Crippen LogP contribution < -0.4 is 4.72 Å². The first-order chi connectivity index (χ1) is 7.81. The molecule has 0 fully saturated rings. The summed E-state index contributed by atoms with van der Waals surface area (Å²) in [5.41, 5.74) is 0. The molecule has 0 amide bonds. The van der Waals surface area contributed by atoms with Gasteiger partial charge >= 0.3 is 0 Å². The first-order valence-corrected chi connectivity index (χ1v) is 6.54. The molecule has 0 saturated carbocycles. The Labute approximate surface area is 99.3 Å². The zero-order valence-corrected chi connectivity index (χ0v) is 10.7. The lowest BCUT2D eigenvalue weighted by molar-refractivity contribution is 0.678. The first kappa shape index (κ1) is 12.9. The summed E-state index contributed by atoms with van der Waals surface area (Å²) in [6, 6.07) is 13.9. The van der Waals surface area contributed by atoms with E-state index in [2.05, 4.69) is 4.72 Å². The normalized spacial score (nSPS) is 11.7. The summed E-state index contributed by atoms with van der Waals surface area (Å²) in [5, 5.41) is 2.29. The van der Waals surface area contributed by atoms with E-state index in [1.54, 1.807) is 7.05 Å². The minimum absolute atomic E-state index is 0.811. The molecule has 2 rings (SSSR count). The second kappa shape index (κ2) is 6.40. The van der Waals surface area contributed by atoms with Gasteiger partial charge in [0.25, 0.3) is 0 Å². The number of rotatable bonds is 2. The fourth-order valence-electron chi connectivity index (χ4n) is 1.40. The van der Waals surface area contributed by atoms with Crippen molar-refractivity contribution in [2.45, 2.75) is 18.7 Å². The zero-order valence-electron chi connectivity index (χ0n) is 9.86. The largest absolute Gasteiger partial charge is 0.238 e. The SMILES string of the molecule is CC.CNS(=O)c1ccc2ccccc2c1. The van der Waals surface area contributed by atoms with E-state index in [0.29, 0.717) is 0 Å². The second-order valence-corrected chi connectivity index (χ2v) is 4.40. The minimum Gasteiger partial charge on any atom is -0.238 e. The Morgan fingerprint density at radius 1 is 1.00 bits per heavy atom. The van der Waals surface area contributed by atoms with Crippen LogP contribution in [0.15, 0.2) is 47.4 Å². The standard InChI is InChI=1S/C11H11NOS.C2H6/c1-12-14(13)11-7-6-9-4-2-3-5-10(9)8-11;1-2/h2-8,12H,1H3;1-2H3. The van der Waals surface area contributed by atoms with Crippen molar-refractivity contribution >= 4 is 21.8 Å². The Morgan fingerprint density at radius 3 is 2.25 bits per heavy atom. The second-order valence-electron chi connectivity index (χ2n) is 2.98. The van der Waals surface area contributed by atoms with E-state index in [-0.39, 0.29) is 0 Å². The maximum atomic E-state index is 11.5. The average Bonchev–Trinajstić information content (AvgIpc) is 2.39. The van der Waals surface area contributed by atoms with Crippen LogP contribution in [0.4, 0.5) is 0 Å². The molecular weight excluding hydrogens is 218 g/mol. The molecule has 0 aliphatic heterocycles. The van der Waals surface area contributed by atoms with Gasteiger partial charge < -0.3 is 0 Å². The average molecular weight is 235 g/mol. The highest BCUT2D eigenvalue weighted by Gasteiger charge is 2.01. The van der Waals surface area contributed by atoms with Gasteiger partial charge in [0.05, 0.1) is 4.90 Å². The number of hydrogen-bond donors (Lipinski definition) is 1. The van der Waals surface area contributed by atoms with Crippen LogP contribution >= 0.6 is 0 Å². The van der Waals surface area contributed by atoms with Crippen molar-refractivity contribution in [3.63, 3.8) is 0 Å². The number of fused-ring (bicyclic) bond motifs is 1. The Bertz CT molecular complexity index is 482. The molecule has 0 aliphatic carbocycles. The molecule has 1 unspecified atom stereocenters. The van der Waals surface area contributed by atoms with Crippen molar-refractivity contribution in [3.8, 4) is 0 Å². The van der Waals surface area contributed by atoms with Crippen LogP contribution in [0, 0.1) is 0 Å². The molecule has 86 valence electrons. The molecule has 3 heteroatoms. The van der Waals surface area contributed by atoms with Crippen molar-refractivity contribution in [3.05, 3.63) is 42.5 Å². The van der Waals surface area contributed by atoms with Crippen LogP contribution in [0.1, 0.15) is 13.8 Å². The van der Waals surface area contributed by atoms with Gasteiger partial charge in [-0.05, 0) is 30.0 Å². The smallest absolute Gasteiger partial charge is 0.124 e. The quantitative estimate of drug-likeness (QED) is 0.851. The van der Waals surface area contributed by atoms with E-state index in [4.69, 9.17) is 0 Å². The van der Waals surface area contributed by atoms with Crippen LogP contribution in [0.5, 0.6) is 0 Å². The molecule has 2 aromatic carbocycles. The summed E-state index contributed by atoms with van der Waals surface area (Å²) in [7, 11) is 0.589. The van der Waals surface area contributed by atoms with Crippen LogP contribution in [-0.4, -0.2) is 11.3 Å². The number of benzene rings is 2. The van der Waals surface area contributed by atoms with E-state index in [1.165, 1.54) is 5.39 Å². The van der Waals surface area contributed by atoms with Crippen LogP contribution in [0.3, 0.4) is 0 Å². The van der Waals surface area contributed by atoms with Gasteiger partial charge in [-0.3, -0.25) is 0 Å². The van der Waals surface area contributed by atoms with E-state index < -0.39 is 11.0 Å². The Hall–Kier alpha value is -1.19. The van der Waals surface area contributed by atoms with Crippen molar-refractivity contribution in [2.75, 3.05) is 7.05 Å². The topological polar surface area (TPSA) is 29.1 Å².